The zero-order valence-electron chi connectivity index (χ0n) is 31.5. The SMILES string of the molecule is CCCCCCCCCCCCCCCCCCCCCCCC(O)C(=O)NC(CO)C(O)C(O)CCCCCCCCCCCC. The minimum absolute atomic E-state index is 0.375. The number of rotatable bonds is 38. The van der Waals surface area contributed by atoms with Crippen LogP contribution < -0.4 is 5.32 Å². The standard InChI is InChI=1S/C41H83NO5/c1-3-5-7-9-11-13-15-16-17-18-19-20-21-22-23-24-25-27-29-31-33-35-39(45)41(47)42-37(36-43)40(46)38(44)34-32-30-28-26-14-12-10-8-6-4-2/h37-40,43-46H,3-36H2,1-2H3,(H,42,47). The van der Waals surface area contributed by atoms with Gasteiger partial charge in [-0.05, 0) is 12.8 Å². The van der Waals surface area contributed by atoms with E-state index in [1.807, 2.05) is 0 Å². The first-order valence-corrected chi connectivity index (χ1v) is 20.9. The summed E-state index contributed by atoms with van der Waals surface area (Å²) in [5, 5.41) is 43.5. The fourth-order valence-electron chi connectivity index (χ4n) is 6.70. The summed E-state index contributed by atoms with van der Waals surface area (Å²) in [5.74, 6) is -0.581. The fourth-order valence-corrected chi connectivity index (χ4v) is 6.70. The predicted octanol–water partition coefficient (Wildman–Crippen LogP) is 10.5. The maximum Gasteiger partial charge on any atom is 0.249 e. The summed E-state index contributed by atoms with van der Waals surface area (Å²) in [6, 6.07) is -0.977. The van der Waals surface area contributed by atoms with Gasteiger partial charge in [0.25, 0.3) is 0 Å². The minimum Gasteiger partial charge on any atom is -0.394 e. The van der Waals surface area contributed by atoms with Crippen molar-refractivity contribution in [2.45, 2.75) is 250 Å². The molecule has 4 unspecified atom stereocenters. The van der Waals surface area contributed by atoms with E-state index in [2.05, 4.69) is 19.2 Å². The molecular formula is C41H83NO5. The number of hydrogen-bond acceptors (Lipinski definition) is 5. The Morgan fingerprint density at radius 1 is 0.447 bits per heavy atom. The van der Waals surface area contributed by atoms with Crippen molar-refractivity contribution in [1.82, 2.24) is 5.32 Å². The third-order valence-electron chi connectivity index (χ3n) is 10.1. The quantitative estimate of drug-likeness (QED) is 0.0420. The predicted molar refractivity (Wildman–Crippen MR) is 201 cm³/mol. The van der Waals surface area contributed by atoms with Crippen molar-refractivity contribution in [2.75, 3.05) is 6.61 Å². The molecule has 0 radical (unpaired) electrons. The number of carbonyl (C=O) groups is 1. The van der Waals surface area contributed by atoms with Crippen LogP contribution >= 0.6 is 0 Å². The first kappa shape index (κ1) is 46.3. The first-order valence-electron chi connectivity index (χ1n) is 20.9. The van der Waals surface area contributed by atoms with Gasteiger partial charge in [-0.3, -0.25) is 4.79 Å². The second-order valence-electron chi connectivity index (χ2n) is 14.7. The molecule has 6 nitrogen and oxygen atoms in total. The molecule has 0 aliphatic heterocycles. The first-order chi connectivity index (χ1) is 23.0. The average molecular weight is 670 g/mol. The zero-order chi connectivity index (χ0) is 34.6. The Bertz CT molecular complexity index is 633. The molecule has 0 saturated heterocycles. The summed E-state index contributed by atoms with van der Waals surface area (Å²) in [6.45, 7) is 4.04. The molecule has 0 aromatic heterocycles. The molecule has 0 aromatic rings. The summed E-state index contributed by atoms with van der Waals surface area (Å²) < 4.78 is 0. The molecular weight excluding hydrogens is 586 g/mol. The Labute approximate surface area is 292 Å². The molecule has 0 aliphatic rings. The Balaban J connectivity index is 3.66. The van der Waals surface area contributed by atoms with Gasteiger partial charge < -0.3 is 25.7 Å². The summed E-state index contributed by atoms with van der Waals surface area (Å²) in [7, 11) is 0. The summed E-state index contributed by atoms with van der Waals surface area (Å²) >= 11 is 0. The maximum atomic E-state index is 12.5. The van der Waals surface area contributed by atoms with E-state index in [0.29, 0.717) is 12.8 Å². The van der Waals surface area contributed by atoms with Crippen molar-refractivity contribution in [3.8, 4) is 0 Å². The zero-order valence-corrected chi connectivity index (χ0v) is 31.5. The molecule has 0 saturated carbocycles. The van der Waals surface area contributed by atoms with Crippen LogP contribution in [0.15, 0.2) is 0 Å². The highest BCUT2D eigenvalue weighted by Gasteiger charge is 2.28. The fraction of sp³-hybridized carbons (Fsp3) is 0.976. The molecule has 6 heteroatoms. The van der Waals surface area contributed by atoms with Gasteiger partial charge in [-0.1, -0.05) is 213 Å². The van der Waals surface area contributed by atoms with Gasteiger partial charge in [0.2, 0.25) is 5.91 Å². The topological polar surface area (TPSA) is 110 Å². The lowest BCUT2D eigenvalue weighted by atomic mass is 9.99. The largest absolute Gasteiger partial charge is 0.394 e. The van der Waals surface area contributed by atoms with E-state index in [4.69, 9.17) is 0 Å². The van der Waals surface area contributed by atoms with E-state index >= 15 is 0 Å². The maximum absolute atomic E-state index is 12.5. The number of unbranched alkanes of at least 4 members (excludes halogenated alkanes) is 29. The van der Waals surface area contributed by atoms with Gasteiger partial charge in [0.05, 0.1) is 18.8 Å². The average Bonchev–Trinajstić information content (AvgIpc) is 3.07. The third-order valence-corrected chi connectivity index (χ3v) is 10.1. The minimum atomic E-state index is -1.25. The van der Waals surface area contributed by atoms with Crippen LogP contribution in [0.1, 0.15) is 226 Å². The van der Waals surface area contributed by atoms with Crippen LogP contribution in [0.25, 0.3) is 0 Å². The molecule has 1 amide bonds. The molecule has 0 aliphatic carbocycles. The Morgan fingerprint density at radius 3 is 1.02 bits per heavy atom. The van der Waals surface area contributed by atoms with Crippen LogP contribution in [0.3, 0.4) is 0 Å². The number of amides is 1. The van der Waals surface area contributed by atoms with E-state index in [1.54, 1.807) is 0 Å². The van der Waals surface area contributed by atoms with Crippen molar-refractivity contribution in [1.29, 1.82) is 0 Å². The number of nitrogens with one attached hydrogen (secondary N) is 1. The van der Waals surface area contributed by atoms with Crippen LogP contribution in [-0.4, -0.2) is 57.3 Å². The molecule has 0 heterocycles. The van der Waals surface area contributed by atoms with Gasteiger partial charge in [-0.15, -0.1) is 0 Å². The Morgan fingerprint density at radius 2 is 0.723 bits per heavy atom. The smallest absolute Gasteiger partial charge is 0.249 e. The van der Waals surface area contributed by atoms with Gasteiger partial charge in [0, 0.05) is 0 Å². The van der Waals surface area contributed by atoms with Crippen molar-refractivity contribution < 1.29 is 25.2 Å². The van der Waals surface area contributed by atoms with Crippen LogP contribution in [0, 0.1) is 0 Å². The second kappa shape index (κ2) is 36.6. The van der Waals surface area contributed by atoms with Crippen molar-refractivity contribution >= 4 is 5.91 Å². The lowest BCUT2D eigenvalue weighted by molar-refractivity contribution is -0.132. The van der Waals surface area contributed by atoms with Gasteiger partial charge in [-0.25, -0.2) is 0 Å². The number of hydrogen-bond donors (Lipinski definition) is 5. The normalized spacial score (nSPS) is 14.3. The van der Waals surface area contributed by atoms with Crippen LogP contribution in [0.2, 0.25) is 0 Å². The van der Waals surface area contributed by atoms with E-state index in [-0.39, 0.29) is 0 Å². The van der Waals surface area contributed by atoms with Gasteiger partial charge in [0.1, 0.15) is 12.2 Å². The lowest BCUT2D eigenvalue weighted by Crippen LogP contribution is -2.53. The van der Waals surface area contributed by atoms with E-state index in [9.17, 15) is 25.2 Å². The molecule has 0 spiro atoms. The number of aliphatic hydroxyl groups is 4. The Kier molecular flexibility index (Phi) is 36.0. The molecule has 0 fully saturated rings. The molecule has 0 rings (SSSR count). The molecule has 47 heavy (non-hydrogen) atoms. The highest BCUT2D eigenvalue weighted by atomic mass is 16.3. The number of carbonyl (C=O) groups excluding carboxylic acids is 1. The van der Waals surface area contributed by atoms with E-state index < -0.39 is 36.9 Å². The van der Waals surface area contributed by atoms with Crippen LogP contribution in [0.5, 0.6) is 0 Å². The van der Waals surface area contributed by atoms with E-state index in [0.717, 1.165) is 38.5 Å². The summed E-state index contributed by atoms with van der Waals surface area (Å²) in [4.78, 5) is 12.5. The number of aliphatic hydroxyl groups excluding tert-OH is 4. The molecule has 0 aromatic carbocycles. The van der Waals surface area contributed by atoms with Crippen molar-refractivity contribution in [3.63, 3.8) is 0 Å². The molecule has 4 atom stereocenters. The highest BCUT2D eigenvalue weighted by Crippen LogP contribution is 2.17. The van der Waals surface area contributed by atoms with Crippen molar-refractivity contribution in [3.05, 3.63) is 0 Å². The second-order valence-corrected chi connectivity index (χ2v) is 14.7. The van der Waals surface area contributed by atoms with Gasteiger partial charge in [0.15, 0.2) is 0 Å². The summed E-state index contributed by atoms with van der Waals surface area (Å²) in [5.41, 5.74) is 0. The lowest BCUT2D eigenvalue weighted by Gasteiger charge is -2.27. The third kappa shape index (κ3) is 31.1. The monoisotopic (exact) mass is 670 g/mol. The molecule has 0 bridgehead atoms. The highest BCUT2D eigenvalue weighted by molar-refractivity contribution is 5.80. The summed E-state index contributed by atoms with van der Waals surface area (Å²) in [6.07, 6.45) is 37.1. The van der Waals surface area contributed by atoms with Crippen molar-refractivity contribution in [2.24, 2.45) is 0 Å². The van der Waals surface area contributed by atoms with Gasteiger partial charge >= 0.3 is 0 Å². The van der Waals surface area contributed by atoms with E-state index in [1.165, 1.54) is 161 Å². The van der Waals surface area contributed by atoms with Gasteiger partial charge in [-0.2, -0.15) is 0 Å². The molecule has 5 N–H and O–H groups in total. The molecule has 282 valence electrons. The Hall–Kier alpha value is -0.690. The van der Waals surface area contributed by atoms with Crippen LogP contribution in [-0.2, 0) is 4.79 Å². The van der Waals surface area contributed by atoms with Crippen LogP contribution in [0.4, 0.5) is 0 Å².